The van der Waals surface area contributed by atoms with Crippen LogP contribution in [0.1, 0.15) is 18.4 Å². The summed E-state index contributed by atoms with van der Waals surface area (Å²) in [6, 6.07) is 17.2. The summed E-state index contributed by atoms with van der Waals surface area (Å²) in [4.78, 5) is 27.4. The lowest BCUT2D eigenvalue weighted by molar-refractivity contribution is -0.117. The zero-order chi connectivity index (χ0) is 16.9. The molecule has 2 aromatic rings. The van der Waals surface area contributed by atoms with E-state index in [-0.39, 0.29) is 11.8 Å². The van der Waals surface area contributed by atoms with Crippen molar-refractivity contribution in [2.24, 2.45) is 0 Å². The molecule has 1 aliphatic rings. The molecule has 0 aliphatic carbocycles. The molecule has 24 heavy (non-hydrogen) atoms. The number of anilines is 2. The molecule has 0 unspecified atom stereocenters. The molecular formula is C20H20N2O2. The summed E-state index contributed by atoms with van der Waals surface area (Å²) in [6.45, 7) is 0.786. The van der Waals surface area contributed by atoms with E-state index in [4.69, 9.17) is 0 Å². The molecule has 1 fully saturated rings. The Bertz CT molecular complexity index is 751. The molecule has 0 saturated carbocycles. The first-order valence-electron chi connectivity index (χ1n) is 8.06. The van der Waals surface area contributed by atoms with E-state index in [0.717, 1.165) is 29.9 Å². The monoisotopic (exact) mass is 320 g/mol. The summed E-state index contributed by atoms with van der Waals surface area (Å²) in [5.74, 6) is 0.0953. The van der Waals surface area contributed by atoms with Gasteiger partial charge in [-0.2, -0.15) is 0 Å². The Morgan fingerprint density at radius 3 is 2.42 bits per heavy atom. The zero-order valence-corrected chi connectivity index (χ0v) is 13.7. The molecule has 0 spiro atoms. The minimum atomic E-state index is -0.0833. The van der Waals surface area contributed by atoms with Crippen molar-refractivity contribution < 1.29 is 9.59 Å². The Kier molecular flexibility index (Phi) is 4.75. The molecule has 122 valence electrons. The third-order valence-corrected chi connectivity index (χ3v) is 4.17. The van der Waals surface area contributed by atoms with Crippen LogP contribution in [0.2, 0.25) is 0 Å². The third-order valence-electron chi connectivity index (χ3n) is 4.17. The topological polar surface area (TPSA) is 40.6 Å². The van der Waals surface area contributed by atoms with Crippen molar-refractivity contribution in [3.05, 3.63) is 66.2 Å². The van der Waals surface area contributed by atoms with Crippen molar-refractivity contribution in [2.75, 3.05) is 23.4 Å². The molecule has 1 heterocycles. The minimum Gasteiger partial charge on any atom is -0.312 e. The molecule has 0 radical (unpaired) electrons. The van der Waals surface area contributed by atoms with Crippen LogP contribution in [-0.2, 0) is 9.59 Å². The molecular weight excluding hydrogens is 300 g/mol. The number of carbonyl (C=O) groups is 2. The van der Waals surface area contributed by atoms with Crippen LogP contribution in [0.4, 0.5) is 11.4 Å². The number of likely N-dealkylation sites (N-methyl/N-ethyl adjacent to an activating group) is 1. The van der Waals surface area contributed by atoms with Crippen LogP contribution in [0.5, 0.6) is 0 Å². The van der Waals surface area contributed by atoms with E-state index >= 15 is 0 Å². The number of carbonyl (C=O) groups excluding carboxylic acids is 2. The van der Waals surface area contributed by atoms with Crippen LogP contribution in [0.3, 0.4) is 0 Å². The average molecular weight is 320 g/mol. The molecule has 2 aromatic carbocycles. The smallest absolute Gasteiger partial charge is 0.250 e. The van der Waals surface area contributed by atoms with E-state index in [9.17, 15) is 9.59 Å². The Balaban J connectivity index is 1.66. The van der Waals surface area contributed by atoms with Crippen molar-refractivity contribution in [3.8, 4) is 0 Å². The van der Waals surface area contributed by atoms with Gasteiger partial charge in [0.2, 0.25) is 5.91 Å². The third kappa shape index (κ3) is 3.54. The van der Waals surface area contributed by atoms with Gasteiger partial charge < -0.3 is 9.80 Å². The Labute approximate surface area is 142 Å². The largest absolute Gasteiger partial charge is 0.312 e. The van der Waals surface area contributed by atoms with Crippen molar-refractivity contribution in [2.45, 2.75) is 12.8 Å². The fraction of sp³-hybridized carbons (Fsp3) is 0.200. The van der Waals surface area contributed by atoms with Gasteiger partial charge in [0.15, 0.2) is 0 Å². The van der Waals surface area contributed by atoms with Gasteiger partial charge in [-0.05, 0) is 42.3 Å². The van der Waals surface area contributed by atoms with E-state index < -0.39 is 0 Å². The second kappa shape index (κ2) is 7.13. The maximum absolute atomic E-state index is 12.2. The highest BCUT2D eigenvalue weighted by Gasteiger charge is 2.21. The van der Waals surface area contributed by atoms with Crippen LogP contribution in [0, 0.1) is 0 Å². The maximum atomic E-state index is 12.2. The standard InChI is InChI=1S/C20H20N2O2/c1-21(17-6-3-2-4-7-17)19(23)14-11-16-9-12-18(13-10-16)22-15-5-8-20(22)24/h2-4,6-7,9-14H,5,8,15H2,1H3/b14-11+. The fourth-order valence-corrected chi connectivity index (χ4v) is 2.74. The van der Waals surface area contributed by atoms with Gasteiger partial charge in [0.25, 0.3) is 5.91 Å². The van der Waals surface area contributed by atoms with Gasteiger partial charge >= 0.3 is 0 Å². The van der Waals surface area contributed by atoms with Gasteiger partial charge in [0, 0.05) is 37.5 Å². The predicted molar refractivity (Wildman–Crippen MR) is 96.9 cm³/mol. The van der Waals surface area contributed by atoms with Crippen molar-refractivity contribution in [1.82, 2.24) is 0 Å². The highest BCUT2D eigenvalue weighted by molar-refractivity contribution is 6.03. The molecule has 1 saturated heterocycles. The van der Waals surface area contributed by atoms with Crippen LogP contribution >= 0.6 is 0 Å². The van der Waals surface area contributed by atoms with E-state index in [1.54, 1.807) is 24.1 Å². The van der Waals surface area contributed by atoms with E-state index in [1.165, 1.54) is 0 Å². The molecule has 0 atom stereocenters. The SMILES string of the molecule is CN(C(=O)/C=C/c1ccc(N2CCCC2=O)cc1)c1ccccc1. The number of benzene rings is 2. The first-order chi connectivity index (χ1) is 11.6. The fourth-order valence-electron chi connectivity index (χ4n) is 2.74. The number of amides is 2. The number of nitrogens with zero attached hydrogens (tertiary/aromatic N) is 2. The summed E-state index contributed by atoms with van der Waals surface area (Å²) in [6.07, 6.45) is 4.89. The van der Waals surface area contributed by atoms with Crippen LogP contribution in [-0.4, -0.2) is 25.4 Å². The summed E-state index contributed by atoms with van der Waals surface area (Å²) in [5.41, 5.74) is 2.71. The highest BCUT2D eigenvalue weighted by atomic mass is 16.2. The molecule has 4 heteroatoms. The maximum Gasteiger partial charge on any atom is 0.250 e. The van der Waals surface area contributed by atoms with E-state index in [0.29, 0.717) is 6.42 Å². The van der Waals surface area contributed by atoms with Gasteiger partial charge in [0.1, 0.15) is 0 Å². The lowest BCUT2D eigenvalue weighted by Gasteiger charge is -2.16. The Morgan fingerprint density at radius 1 is 1.08 bits per heavy atom. The predicted octanol–water partition coefficient (Wildman–Crippen LogP) is 3.49. The lowest BCUT2D eigenvalue weighted by atomic mass is 10.2. The van der Waals surface area contributed by atoms with Gasteiger partial charge in [-0.1, -0.05) is 30.3 Å². The van der Waals surface area contributed by atoms with Crippen molar-refractivity contribution in [1.29, 1.82) is 0 Å². The van der Waals surface area contributed by atoms with Crippen LogP contribution in [0.15, 0.2) is 60.7 Å². The van der Waals surface area contributed by atoms with Crippen LogP contribution < -0.4 is 9.80 Å². The summed E-state index contributed by atoms with van der Waals surface area (Å²) in [7, 11) is 1.75. The number of hydrogen-bond acceptors (Lipinski definition) is 2. The Morgan fingerprint density at radius 2 is 1.79 bits per heavy atom. The lowest BCUT2D eigenvalue weighted by Crippen LogP contribution is -2.23. The van der Waals surface area contributed by atoms with E-state index in [2.05, 4.69) is 0 Å². The number of hydrogen-bond donors (Lipinski definition) is 0. The summed E-state index contributed by atoms with van der Waals surface area (Å²) < 4.78 is 0. The van der Waals surface area contributed by atoms with Gasteiger partial charge in [-0.15, -0.1) is 0 Å². The molecule has 2 amide bonds. The normalized spacial score (nSPS) is 14.4. The van der Waals surface area contributed by atoms with E-state index in [1.807, 2.05) is 59.5 Å². The molecule has 0 aromatic heterocycles. The first-order valence-corrected chi connectivity index (χ1v) is 8.06. The summed E-state index contributed by atoms with van der Waals surface area (Å²) >= 11 is 0. The molecule has 1 aliphatic heterocycles. The zero-order valence-electron chi connectivity index (χ0n) is 13.7. The number of para-hydroxylation sites is 1. The molecule has 4 nitrogen and oxygen atoms in total. The summed E-state index contributed by atoms with van der Waals surface area (Å²) in [5, 5.41) is 0. The highest BCUT2D eigenvalue weighted by Crippen LogP contribution is 2.22. The van der Waals surface area contributed by atoms with Gasteiger partial charge in [0.05, 0.1) is 0 Å². The number of rotatable bonds is 4. The molecule has 0 bridgehead atoms. The van der Waals surface area contributed by atoms with Crippen molar-refractivity contribution in [3.63, 3.8) is 0 Å². The second-order valence-electron chi connectivity index (χ2n) is 5.81. The molecule has 3 rings (SSSR count). The van der Waals surface area contributed by atoms with Crippen molar-refractivity contribution >= 4 is 29.3 Å². The van der Waals surface area contributed by atoms with Crippen LogP contribution in [0.25, 0.3) is 6.08 Å². The average Bonchev–Trinajstić information content (AvgIpc) is 3.06. The van der Waals surface area contributed by atoms with Gasteiger partial charge in [-0.25, -0.2) is 0 Å². The van der Waals surface area contributed by atoms with Gasteiger partial charge in [-0.3, -0.25) is 9.59 Å². The molecule has 0 N–H and O–H groups in total. The first kappa shape index (κ1) is 16.0. The second-order valence-corrected chi connectivity index (χ2v) is 5.81. The quantitative estimate of drug-likeness (QED) is 0.809. The minimum absolute atomic E-state index is 0.0833. The Hall–Kier alpha value is -2.88.